The summed E-state index contributed by atoms with van der Waals surface area (Å²) in [5.41, 5.74) is 13.6. The van der Waals surface area contributed by atoms with Crippen LogP contribution in [-0.4, -0.2) is 21.1 Å². The van der Waals surface area contributed by atoms with Crippen LogP contribution >= 0.6 is 0 Å². The van der Waals surface area contributed by atoms with Crippen molar-refractivity contribution >= 4 is 5.71 Å². The molecule has 0 spiro atoms. The summed E-state index contributed by atoms with van der Waals surface area (Å²) >= 11 is 0. The Balaban J connectivity index is 1.41. The number of hydrogen-bond acceptors (Lipinski definition) is 2. The average molecular weight is 521 g/mol. The smallest absolute Gasteiger partial charge is 0.0792 e. The maximum absolute atomic E-state index is 5.21. The minimum absolute atomic E-state index is 0.0491. The normalized spacial score (nSPS) is 12.3. The predicted molar refractivity (Wildman–Crippen MR) is 168 cm³/mol. The molecule has 1 unspecified atom stereocenters. The summed E-state index contributed by atoms with van der Waals surface area (Å²) in [5, 5.41) is 5.21. The number of nitrogens with zero attached hydrogens (tertiary/aromatic N) is 3. The molecule has 4 aromatic carbocycles. The van der Waals surface area contributed by atoms with E-state index in [-0.39, 0.29) is 6.04 Å². The van der Waals surface area contributed by atoms with Crippen LogP contribution in [0.4, 0.5) is 0 Å². The van der Waals surface area contributed by atoms with Crippen LogP contribution < -0.4 is 5.43 Å². The highest BCUT2D eigenvalue weighted by atomic mass is 15.4. The lowest BCUT2D eigenvalue weighted by atomic mass is 10.1. The van der Waals surface area contributed by atoms with Crippen molar-refractivity contribution in [1.29, 1.82) is 0 Å². The Labute approximate surface area is 235 Å². The molecule has 0 bridgehead atoms. The third kappa shape index (κ3) is 5.12. The van der Waals surface area contributed by atoms with Gasteiger partial charge >= 0.3 is 0 Å². The zero-order valence-electron chi connectivity index (χ0n) is 22.8. The molecule has 0 radical (unpaired) electrons. The summed E-state index contributed by atoms with van der Waals surface area (Å²) in [5.74, 6) is 0. The second-order valence-corrected chi connectivity index (χ2v) is 9.91. The Morgan fingerprint density at radius 3 is 1.20 bits per heavy atom. The molecule has 2 heterocycles. The van der Waals surface area contributed by atoms with Crippen LogP contribution in [0.25, 0.3) is 45.0 Å². The van der Waals surface area contributed by atoms with Gasteiger partial charge in [-0.25, -0.2) is 4.68 Å². The van der Waals surface area contributed by atoms with Crippen LogP contribution in [0.2, 0.25) is 0 Å². The molecule has 40 heavy (non-hydrogen) atoms. The van der Waals surface area contributed by atoms with E-state index in [1.54, 1.807) is 0 Å². The fourth-order valence-electron chi connectivity index (χ4n) is 4.97. The quantitative estimate of drug-likeness (QED) is 0.200. The van der Waals surface area contributed by atoms with E-state index in [2.05, 4.69) is 150 Å². The van der Waals surface area contributed by atoms with Crippen molar-refractivity contribution in [2.45, 2.75) is 19.9 Å². The molecule has 0 amide bonds. The lowest BCUT2D eigenvalue weighted by Gasteiger charge is -2.22. The van der Waals surface area contributed by atoms with E-state index in [0.29, 0.717) is 0 Å². The van der Waals surface area contributed by atoms with Gasteiger partial charge in [-0.15, -0.1) is 0 Å². The first-order chi connectivity index (χ1) is 19.7. The van der Waals surface area contributed by atoms with E-state index in [1.165, 1.54) is 0 Å². The second-order valence-electron chi connectivity index (χ2n) is 9.91. The lowest BCUT2D eigenvalue weighted by Crippen LogP contribution is -2.32. The molecule has 1 N–H and O–H groups in total. The standard InChI is InChI=1S/C36H32N4/c1-27(37-39-33(29-15-7-3-8-16-29)23-24-34(39)30-17-9-4-10-18-30)28(2)38-40-35(31-19-11-5-12-20-31)25-26-36(40)32-21-13-6-14-22-32/h3-27,37H,1-2H3/b38-28+. The number of aromatic nitrogens is 2. The maximum atomic E-state index is 5.21. The summed E-state index contributed by atoms with van der Waals surface area (Å²) in [6, 6.07) is 50.5. The molecule has 6 aromatic rings. The molecule has 0 aliphatic heterocycles. The van der Waals surface area contributed by atoms with Gasteiger partial charge in [0.1, 0.15) is 0 Å². The summed E-state index contributed by atoms with van der Waals surface area (Å²) in [6.45, 7) is 4.26. The molecular formula is C36H32N4. The Morgan fingerprint density at radius 1 is 0.500 bits per heavy atom. The molecule has 4 heteroatoms. The van der Waals surface area contributed by atoms with Gasteiger partial charge in [0.2, 0.25) is 0 Å². The van der Waals surface area contributed by atoms with E-state index in [1.807, 2.05) is 24.3 Å². The minimum Gasteiger partial charge on any atom is -0.317 e. The van der Waals surface area contributed by atoms with Gasteiger partial charge in [0.15, 0.2) is 0 Å². The van der Waals surface area contributed by atoms with Crippen LogP contribution in [0.15, 0.2) is 151 Å². The lowest BCUT2D eigenvalue weighted by molar-refractivity contribution is 0.802. The van der Waals surface area contributed by atoms with E-state index in [0.717, 1.165) is 50.7 Å². The van der Waals surface area contributed by atoms with Gasteiger partial charge in [-0.3, -0.25) is 4.68 Å². The molecule has 0 aliphatic carbocycles. The molecule has 196 valence electrons. The van der Waals surface area contributed by atoms with Crippen molar-refractivity contribution in [2.24, 2.45) is 5.10 Å². The average Bonchev–Trinajstić information content (AvgIpc) is 3.63. The molecule has 0 fully saturated rings. The van der Waals surface area contributed by atoms with Crippen molar-refractivity contribution in [2.75, 3.05) is 5.43 Å². The van der Waals surface area contributed by atoms with Gasteiger partial charge in [0.25, 0.3) is 0 Å². The minimum atomic E-state index is -0.0491. The molecule has 2 aromatic heterocycles. The van der Waals surface area contributed by atoms with Crippen molar-refractivity contribution in [3.8, 4) is 45.0 Å². The van der Waals surface area contributed by atoms with E-state index >= 15 is 0 Å². The predicted octanol–water partition coefficient (Wildman–Crippen LogP) is 8.81. The number of nitrogens with one attached hydrogen (secondary N) is 1. The Bertz CT molecular complexity index is 1600. The molecule has 1 atom stereocenters. The van der Waals surface area contributed by atoms with Crippen LogP contribution in [0.3, 0.4) is 0 Å². The van der Waals surface area contributed by atoms with Gasteiger partial charge in [-0.1, -0.05) is 121 Å². The van der Waals surface area contributed by atoms with Gasteiger partial charge in [0.05, 0.1) is 34.5 Å². The topological polar surface area (TPSA) is 34.2 Å². The van der Waals surface area contributed by atoms with Crippen LogP contribution in [-0.2, 0) is 0 Å². The fraction of sp³-hybridized carbons (Fsp3) is 0.0833. The highest BCUT2D eigenvalue weighted by Gasteiger charge is 2.17. The van der Waals surface area contributed by atoms with Gasteiger partial charge < -0.3 is 5.43 Å². The van der Waals surface area contributed by atoms with E-state index < -0.39 is 0 Å². The fourth-order valence-corrected chi connectivity index (χ4v) is 4.97. The SMILES string of the molecule is C/C(=N\n1c(-c2ccccc2)ccc1-c1ccccc1)C(C)Nn1c(-c2ccccc2)ccc1-c1ccccc1. The van der Waals surface area contributed by atoms with Crippen molar-refractivity contribution < 1.29 is 0 Å². The van der Waals surface area contributed by atoms with Crippen LogP contribution in [0, 0.1) is 0 Å². The van der Waals surface area contributed by atoms with Gasteiger partial charge in [-0.05, 0) is 38.1 Å². The molecule has 0 saturated carbocycles. The first-order valence-corrected chi connectivity index (χ1v) is 13.7. The number of benzene rings is 4. The van der Waals surface area contributed by atoms with E-state index in [4.69, 9.17) is 5.10 Å². The zero-order valence-corrected chi connectivity index (χ0v) is 22.8. The molecule has 0 aliphatic rings. The van der Waals surface area contributed by atoms with Crippen LogP contribution in [0.1, 0.15) is 13.8 Å². The first kappa shape index (κ1) is 25.2. The molecule has 6 rings (SSSR count). The Morgan fingerprint density at radius 2 is 0.825 bits per heavy atom. The monoisotopic (exact) mass is 520 g/mol. The zero-order chi connectivity index (χ0) is 27.3. The van der Waals surface area contributed by atoms with E-state index in [9.17, 15) is 0 Å². The van der Waals surface area contributed by atoms with Crippen LogP contribution in [0.5, 0.6) is 0 Å². The third-order valence-electron chi connectivity index (χ3n) is 7.22. The Hall–Kier alpha value is -5.09. The number of rotatable bonds is 8. The molecular weight excluding hydrogens is 488 g/mol. The second kappa shape index (κ2) is 11.3. The molecule has 0 saturated heterocycles. The number of hydrogen-bond donors (Lipinski definition) is 1. The Kier molecular flexibility index (Phi) is 7.14. The third-order valence-corrected chi connectivity index (χ3v) is 7.22. The van der Waals surface area contributed by atoms with Gasteiger partial charge in [-0.2, -0.15) is 5.10 Å². The highest BCUT2D eigenvalue weighted by molar-refractivity contribution is 5.89. The highest BCUT2D eigenvalue weighted by Crippen LogP contribution is 2.30. The largest absolute Gasteiger partial charge is 0.317 e. The summed E-state index contributed by atoms with van der Waals surface area (Å²) < 4.78 is 4.27. The van der Waals surface area contributed by atoms with Crippen molar-refractivity contribution in [1.82, 2.24) is 9.35 Å². The van der Waals surface area contributed by atoms with Crippen molar-refractivity contribution in [3.63, 3.8) is 0 Å². The van der Waals surface area contributed by atoms with Crippen molar-refractivity contribution in [3.05, 3.63) is 146 Å². The first-order valence-electron chi connectivity index (χ1n) is 13.7. The maximum Gasteiger partial charge on any atom is 0.0792 e. The summed E-state index contributed by atoms with van der Waals surface area (Å²) in [7, 11) is 0. The van der Waals surface area contributed by atoms with Gasteiger partial charge in [0, 0.05) is 22.3 Å². The molecule has 4 nitrogen and oxygen atoms in total. The summed E-state index contributed by atoms with van der Waals surface area (Å²) in [6.07, 6.45) is 0. The summed E-state index contributed by atoms with van der Waals surface area (Å²) in [4.78, 5) is 0.